The molecule has 1 aromatic carbocycles. The number of ketones is 1. The largest absolute Gasteiger partial charge is 0.508 e. The zero-order chi connectivity index (χ0) is 11.8. The Kier molecular flexibility index (Phi) is 2.61. The molecule has 0 aliphatic rings. The van der Waals surface area contributed by atoms with E-state index in [1.165, 1.54) is 0 Å². The number of rotatable bonds is 1. The third kappa shape index (κ3) is 2.20. The van der Waals surface area contributed by atoms with Crippen LogP contribution in [0, 0.1) is 0 Å². The number of benzene rings is 1. The molecule has 0 amide bonds. The maximum Gasteiger partial charge on any atom is 0.418 e. The third-order valence-corrected chi connectivity index (χ3v) is 1.85. The van der Waals surface area contributed by atoms with Gasteiger partial charge >= 0.3 is 6.18 Å². The van der Waals surface area contributed by atoms with Crippen molar-refractivity contribution in [3.63, 3.8) is 0 Å². The Morgan fingerprint density at radius 2 is 1.93 bits per heavy atom. The van der Waals surface area contributed by atoms with E-state index in [0.717, 1.165) is 13.0 Å². The minimum atomic E-state index is -4.69. The number of carbonyl (C=O) groups is 1. The fourth-order valence-corrected chi connectivity index (χ4v) is 1.16. The van der Waals surface area contributed by atoms with Crippen molar-refractivity contribution in [2.75, 3.05) is 5.73 Å². The molecular weight excluding hydrogens is 211 g/mol. The smallest absolute Gasteiger partial charge is 0.418 e. The fraction of sp³-hybridized carbons (Fsp3) is 0.222. The minimum absolute atomic E-state index is 0.331. The van der Waals surface area contributed by atoms with Gasteiger partial charge in [-0.05, 0) is 19.1 Å². The SMILES string of the molecule is CC(=O)c1cc(O)cc(C(F)(F)F)c1N. The molecule has 0 saturated heterocycles. The van der Waals surface area contributed by atoms with Gasteiger partial charge in [-0.25, -0.2) is 0 Å². The van der Waals surface area contributed by atoms with E-state index in [2.05, 4.69) is 0 Å². The predicted molar refractivity (Wildman–Crippen MR) is 47.5 cm³/mol. The molecule has 0 radical (unpaired) electrons. The molecule has 0 aliphatic carbocycles. The molecule has 0 heterocycles. The lowest BCUT2D eigenvalue weighted by atomic mass is 10.0. The molecule has 0 bridgehead atoms. The van der Waals surface area contributed by atoms with Gasteiger partial charge in [0, 0.05) is 5.56 Å². The summed E-state index contributed by atoms with van der Waals surface area (Å²) in [4.78, 5) is 10.9. The first-order valence-electron chi connectivity index (χ1n) is 3.94. The number of Topliss-reactive ketones (excluding diaryl/α,β-unsaturated/α-hetero) is 1. The van der Waals surface area contributed by atoms with Crippen molar-refractivity contribution in [2.24, 2.45) is 0 Å². The highest BCUT2D eigenvalue weighted by Crippen LogP contribution is 2.37. The van der Waals surface area contributed by atoms with Crippen LogP contribution in [0.2, 0.25) is 0 Å². The van der Waals surface area contributed by atoms with Crippen molar-refractivity contribution in [3.05, 3.63) is 23.3 Å². The van der Waals surface area contributed by atoms with E-state index in [-0.39, 0.29) is 5.56 Å². The first kappa shape index (κ1) is 11.4. The van der Waals surface area contributed by atoms with E-state index in [0.29, 0.717) is 6.07 Å². The second-order valence-electron chi connectivity index (χ2n) is 3.01. The van der Waals surface area contributed by atoms with Crippen LogP contribution in [0.1, 0.15) is 22.8 Å². The number of alkyl halides is 3. The van der Waals surface area contributed by atoms with Crippen molar-refractivity contribution < 1.29 is 23.1 Å². The Morgan fingerprint density at radius 1 is 1.40 bits per heavy atom. The number of hydrogen-bond acceptors (Lipinski definition) is 3. The van der Waals surface area contributed by atoms with Crippen LogP contribution >= 0.6 is 0 Å². The summed E-state index contributed by atoms with van der Waals surface area (Å²) in [6.07, 6.45) is -4.69. The summed E-state index contributed by atoms with van der Waals surface area (Å²) in [6.45, 7) is 1.07. The fourth-order valence-electron chi connectivity index (χ4n) is 1.16. The lowest BCUT2D eigenvalue weighted by Crippen LogP contribution is -2.12. The zero-order valence-corrected chi connectivity index (χ0v) is 7.72. The summed E-state index contributed by atoms with van der Waals surface area (Å²) < 4.78 is 37.1. The zero-order valence-electron chi connectivity index (χ0n) is 7.72. The Morgan fingerprint density at radius 3 is 2.33 bits per heavy atom. The van der Waals surface area contributed by atoms with Crippen molar-refractivity contribution in [2.45, 2.75) is 13.1 Å². The van der Waals surface area contributed by atoms with Gasteiger partial charge < -0.3 is 10.8 Å². The average molecular weight is 219 g/mol. The van der Waals surface area contributed by atoms with Crippen LogP contribution in [0.15, 0.2) is 12.1 Å². The number of nitrogen functional groups attached to an aromatic ring is 1. The molecular formula is C9H8F3NO2. The lowest BCUT2D eigenvalue weighted by Gasteiger charge is -2.12. The molecule has 6 heteroatoms. The van der Waals surface area contributed by atoms with Gasteiger partial charge in [0.05, 0.1) is 11.3 Å². The lowest BCUT2D eigenvalue weighted by molar-refractivity contribution is -0.137. The van der Waals surface area contributed by atoms with Crippen molar-refractivity contribution in [3.8, 4) is 5.75 Å². The average Bonchev–Trinajstić information content (AvgIpc) is 2.06. The molecule has 0 fully saturated rings. The molecule has 1 rings (SSSR count). The number of nitrogens with two attached hydrogens (primary N) is 1. The molecule has 0 aromatic heterocycles. The van der Waals surface area contributed by atoms with E-state index in [4.69, 9.17) is 10.8 Å². The summed E-state index contributed by atoms with van der Waals surface area (Å²) >= 11 is 0. The summed E-state index contributed by atoms with van der Waals surface area (Å²) in [5.41, 5.74) is 3.00. The van der Waals surface area contributed by atoms with Crippen LogP contribution in [0.3, 0.4) is 0 Å². The van der Waals surface area contributed by atoms with Crippen molar-refractivity contribution in [1.82, 2.24) is 0 Å². The molecule has 0 atom stereocenters. The van der Waals surface area contributed by atoms with E-state index < -0.39 is 29.0 Å². The van der Waals surface area contributed by atoms with E-state index in [1.54, 1.807) is 0 Å². The normalized spacial score (nSPS) is 11.5. The number of phenols is 1. The van der Waals surface area contributed by atoms with Gasteiger partial charge in [0.25, 0.3) is 0 Å². The molecule has 0 spiro atoms. The van der Waals surface area contributed by atoms with Gasteiger partial charge in [-0.1, -0.05) is 0 Å². The molecule has 0 aliphatic heterocycles. The second-order valence-corrected chi connectivity index (χ2v) is 3.01. The highest BCUT2D eigenvalue weighted by atomic mass is 19.4. The Labute approximate surface area is 83.3 Å². The minimum Gasteiger partial charge on any atom is -0.508 e. The van der Waals surface area contributed by atoms with Gasteiger partial charge in [0.15, 0.2) is 5.78 Å². The Balaban J connectivity index is 3.49. The maximum absolute atomic E-state index is 12.4. The van der Waals surface area contributed by atoms with Gasteiger partial charge in [-0.2, -0.15) is 13.2 Å². The molecule has 3 nitrogen and oxygen atoms in total. The Bertz CT molecular complexity index is 413. The predicted octanol–water partition coefficient (Wildman–Crippen LogP) is 2.20. The summed E-state index contributed by atoms with van der Waals surface area (Å²) in [5, 5.41) is 9.02. The number of halogens is 3. The molecule has 0 unspecified atom stereocenters. The van der Waals surface area contributed by atoms with Gasteiger partial charge in [0.2, 0.25) is 0 Å². The molecule has 0 saturated carbocycles. The van der Waals surface area contributed by atoms with Crippen LogP contribution < -0.4 is 5.73 Å². The quantitative estimate of drug-likeness (QED) is 0.432. The molecule has 15 heavy (non-hydrogen) atoms. The standard InChI is InChI=1S/C9H8F3NO2/c1-4(14)6-2-5(15)3-7(8(6)13)9(10,11)12/h2-3,15H,13H2,1H3. The van der Waals surface area contributed by atoms with Crippen molar-refractivity contribution >= 4 is 11.5 Å². The van der Waals surface area contributed by atoms with Crippen molar-refractivity contribution in [1.29, 1.82) is 0 Å². The number of anilines is 1. The number of phenolic OH excluding ortho intramolecular Hbond substituents is 1. The monoisotopic (exact) mass is 219 g/mol. The van der Waals surface area contributed by atoms with E-state index in [9.17, 15) is 18.0 Å². The van der Waals surface area contributed by atoms with Crippen LogP contribution in [0.5, 0.6) is 5.75 Å². The summed E-state index contributed by atoms with van der Waals surface area (Å²) in [7, 11) is 0. The van der Waals surface area contributed by atoms with Crippen LogP contribution in [0.4, 0.5) is 18.9 Å². The molecule has 3 N–H and O–H groups in total. The topological polar surface area (TPSA) is 63.3 Å². The first-order chi connectivity index (χ1) is 6.73. The molecule has 1 aromatic rings. The van der Waals surface area contributed by atoms with Crippen LogP contribution in [-0.4, -0.2) is 10.9 Å². The number of carbonyl (C=O) groups excluding carboxylic acids is 1. The molecule has 82 valence electrons. The van der Waals surface area contributed by atoms with Gasteiger partial charge in [-0.3, -0.25) is 4.79 Å². The van der Waals surface area contributed by atoms with E-state index in [1.807, 2.05) is 0 Å². The summed E-state index contributed by atoms with van der Waals surface area (Å²) in [6, 6.07) is 1.40. The highest BCUT2D eigenvalue weighted by molar-refractivity contribution is 6.00. The number of aromatic hydroxyl groups is 1. The first-order valence-corrected chi connectivity index (χ1v) is 3.94. The van der Waals surface area contributed by atoms with Crippen LogP contribution in [-0.2, 0) is 6.18 Å². The maximum atomic E-state index is 12.4. The van der Waals surface area contributed by atoms with Crippen LogP contribution in [0.25, 0.3) is 0 Å². The Hall–Kier alpha value is -1.72. The van der Waals surface area contributed by atoms with Gasteiger partial charge in [-0.15, -0.1) is 0 Å². The number of hydrogen-bond donors (Lipinski definition) is 2. The second kappa shape index (κ2) is 3.45. The summed E-state index contributed by atoms with van der Waals surface area (Å²) in [5.74, 6) is -1.27. The van der Waals surface area contributed by atoms with Gasteiger partial charge in [0.1, 0.15) is 5.75 Å². The highest BCUT2D eigenvalue weighted by Gasteiger charge is 2.34. The third-order valence-electron chi connectivity index (χ3n) is 1.85. The van der Waals surface area contributed by atoms with E-state index >= 15 is 0 Å².